The highest BCUT2D eigenvalue weighted by molar-refractivity contribution is 7.04. The Hall–Kier alpha value is -2.74. The van der Waals surface area contributed by atoms with E-state index in [1.54, 1.807) is 17.5 Å². The molecule has 130 valence electrons. The first-order valence-corrected chi connectivity index (χ1v) is 8.73. The third-order valence-corrected chi connectivity index (χ3v) is 4.27. The van der Waals surface area contributed by atoms with E-state index in [0.29, 0.717) is 11.2 Å². The molecule has 1 amide bonds. The van der Waals surface area contributed by atoms with Crippen LogP contribution in [-0.4, -0.2) is 19.4 Å². The molecule has 0 spiro atoms. The van der Waals surface area contributed by atoms with Gasteiger partial charge in [-0.25, -0.2) is 4.79 Å². The van der Waals surface area contributed by atoms with Crippen molar-refractivity contribution in [3.63, 3.8) is 0 Å². The molecular formula is C17H18N4O3S. The predicted molar refractivity (Wildman–Crippen MR) is 98.0 cm³/mol. The largest absolute Gasteiger partial charge is 0.332 e. The molecule has 1 aromatic carbocycles. The molecule has 0 unspecified atom stereocenters. The summed E-state index contributed by atoms with van der Waals surface area (Å²) in [6.07, 6.45) is 0. The number of aromatic nitrogens is 3. The van der Waals surface area contributed by atoms with E-state index < -0.39 is 11.2 Å². The van der Waals surface area contributed by atoms with E-state index in [-0.39, 0.29) is 30.4 Å². The van der Waals surface area contributed by atoms with Crippen molar-refractivity contribution >= 4 is 34.2 Å². The summed E-state index contributed by atoms with van der Waals surface area (Å²) in [5, 5.41) is 4.37. The Labute approximate surface area is 147 Å². The average molecular weight is 358 g/mol. The van der Waals surface area contributed by atoms with Gasteiger partial charge >= 0.3 is 5.69 Å². The number of amides is 1. The Bertz CT molecular complexity index is 1020. The van der Waals surface area contributed by atoms with Gasteiger partial charge in [-0.3, -0.25) is 18.7 Å². The SMILES string of the molecule is CC(C)Cn1c(=O)c2nscc2n(CC(=O)Nc2ccccc2)c1=O. The molecule has 0 aliphatic rings. The van der Waals surface area contributed by atoms with Gasteiger partial charge in [0.25, 0.3) is 5.56 Å². The number of carbonyl (C=O) groups excluding carboxylic acids is 1. The number of fused-ring (bicyclic) bond motifs is 1. The molecule has 8 heteroatoms. The zero-order chi connectivity index (χ0) is 18.0. The van der Waals surface area contributed by atoms with Gasteiger partial charge in [0.15, 0.2) is 5.52 Å². The lowest BCUT2D eigenvalue weighted by molar-refractivity contribution is -0.116. The molecule has 2 aromatic heterocycles. The lowest BCUT2D eigenvalue weighted by Gasteiger charge is -2.13. The second-order valence-corrected chi connectivity index (χ2v) is 6.77. The monoisotopic (exact) mass is 358 g/mol. The Morgan fingerprint density at radius 3 is 2.60 bits per heavy atom. The Morgan fingerprint density at radius 2 is 1.92 bits per heavy atom. The molecular weight excluding hydrogens is 340 g/mol. The van der Waals surface area contributed by atoms with E-state index in [0.717, 1.165) is 16.1 Å². The number of nitrogens with zero attached hydrogens (tertiary/aromatic N) is 3. The summed E-state index contributed by atoms with van der Waals surface area (Å²) in [5.74, 6) is -0.219. The van der Waals surface area contributed by atoms with Crippen molar-refractivity contribution in [3.05, 3.63) is 56.5 Å². The van der Waals surface area contributed by atoms with Crippen LogP contribution in [0.15, 0.2) is 45.3 Å². The number of nitrogens with one attached hydrogen (secondary N) is 1. The van der Waals surface area contributed by atoms with Crippen LogP contribution in [0.4, 0.5) is 5.69 Å². The lowest BCUT2D eigenvalue weighted by atomic mass is 10.2. The van der Waals surface area contributed by atoms with E-state index in [9.17, 15) is 14.4 Å². The summed E-state index contributed by atoms with van der Waals surface area (Å²) < 4.78 is 6.56. The third kappa shape index (κ3) is 3.53. The molecule has 0 saturated carbocycles. The van der Waals surface area contributed by atoms with Crippen molar-refractivity contribution in [2.75, 3.05) is 5.32 Å². The van der Waals surface area contributed by atoms with Gasteiger partial charge in [0.1, 0.15) is 6.54 Å². The highest BCUT2D eigenvalue weighted by Gasteiger charge is 2.17. The molecule has 0 radical (unpaired) electrons. The van der Waals surface area contributed by atoms with Crippen LogP contribution in [0.3, 0.4) is 0 Å². The van der Waals surface area contributed by atoms with Crippen LogP contribution in [0, 0.1) is 5.92 Å². The molecule has 0 aliphatic carbocycles. The van der Waals surface area contributed by atoms with Gasteiger partial charge in [-0.05, 0) is 29.6 Å². The maximum absolute atomic E-state index is 12.7. The van der Waals surface area contributed by atoms with Crippen molar-refractivity contribution in [2.45, 2.75) is 26.9 Å². The molecule has 3 aromatic rings. The Kier molecular flexibility index (Phi) is 4.80. The molecule has 25 heavy (non-hydrogen) atoms. The maximum Gasteiger partial charge on any atom is 0.332 e. The van der Waals surface area contributed by atoms with Crippen LogP contribution in [0.2, 0.25) is 0 Å². The number of anilines is 1. The first-order chi connectivity index (χ1) is 12.0. The molecule has 0 fully saturated rings. The van der Waals surface area contributed by atoms with E-state index >= 15 is 0 Å². The van der Waals surface area contributed by atoms with Gasteiger partial charge in [-0.1, -0.05) is 32.0 Å². The molecule has 0 aliphatic heterocycles. The van der Waals surface area contributed by atoms with Gasteiger partial charge in [0, 0.05) is 17.6 Å². The zero-order valence-electron chi connectivity index (χ0n) is 13.9. The second kappa shape index (κ2) is 7.02. The van der Waals surface area contributed by atoms with Crippen LogP contribution in [0.5, 0.6) is 0 Å². The third-order valence-electron chi connectivity index (χ3n) is 3.66. The van der Waals surface area contributed by atoms with E-state index in [1.807, 2.05) is 32.0 Å². The fraction of sp³-hybridized carbons (Fsp3) is 0.294. The van der Waals surface area contributed by atoms with E-state index in [2.05, 4.69) is 9.69 Å². The Balaban J connectivity index is 2.00. The minimum atomic E-state index is -0.491. The van der Waals surface area contributed by atoms with Crippen LogP contribution in [0.1, 0.15) is 13.8 Å². The van der Waals surface area contributed by atoms with Crippen molar-refractivity contribution in [3.8, 4) is 0 Å². The van der Waals surface area contributed by atoms with Crippen molar-refractivity contribution in [1.29, 1.82) is 0 Å². The van der Waals surface area contributed by atoms with Crippen LogP contribution < -0.4 is 16.6 Å². The Morgan fingerprint density at radius 1 is 1.20 bits per heavy atom. The van der Waals surface area contributed by atoms with Gasteiger partial charge < -0.3 is 5.32 Å². The molecule has 0 atom stereocenters. The highest BCUT2D eigenvalue weighted by atomic mass is 32.1. The fourth-order valence-corrected chi connectivity index (χ4v) is 3.25. The van der Waals surface area contributed by atoms with Gasteiger partial charge in [-0.2, -0.15) is 4.37 Å². The second-order valence-electron chi connectivity index (χ2n) is 6.14. The topological polar surface area (TPSA) is 86.0 Å². The highest BCUT2D eigenvalue weighted by Crippen LogP contribution is 2.11. The van der Waals surface area contributed by atoms with E-state index in [1.165, 1.54) is 4.57 Å². The van der Waals surface area contributed by atoms with Crippen molar-refractivity contribution < 1.29 is 4.79 Å². The lowest BCUT2D eigenvalue weighted by Crippen LogP contribution is -2.42. The fourth-order valence-electron chi connectivity index (χ4n) is 2.58. The standard InChI is InChI=1S/C17H18N4O3S/c1-11(2)8-21-16(23)15-13(10-25-19-15)20(17(21)24)9-14(22)18-12-6-4-3-5-7-12/h3-7,10-11H,8-9H2,1-2H3,(H,18,22). The first-order valence-electron chi connectivity index (χ1n) is 7.90. The maximum atomic E-state index is 12.7. The summed E-state index contributed by atoms with van der Waals surface area (Å²) in [7, 11) is 0. The molecule has 2 heterocycles. The van der Waals surface area contributed by atoms with E-state index in [4.69, 9.17) is 0 Å². The van der Waals surface area contributed by atoms with Crippen molar-refractivity contribution in [1.82, 2.24) is 13.5 Å². The number of rotatable bonds is 5. The number of benzene rings is 1. The number of para-hydroxylation sites is 1. The quantitative estimate of drug-likeness (QED) is 0.755. The first kappa shape index (κ1) is 17.1. The predicted octanol–water partition coefficient (Wildman–Crippen LogP) is 1.91. The summed E-state index contributed by atoms with van der Waals surface area (Å²) in [6, 6.07) is 9.00. The van der Waals surface area contributed by atoms with Gasteiger partial charge in [0.2, 0.25) is 5.91 Å². The van der Waals surface area contributed by atoms with Crippen molar-refractivity contribution in [2.24, 2.45) is 5.92 Å². The number of hydrogen-bond donors (Lipinski definition) is 1. The number of carbonyl (C=O) groups is 1. The summed E-state index contributed by atoms with van der Waals surface area (Å²) >= 11 is 1.09. The number of hydrogen-bond acceptors (Lipinski definition) is 5. The van der Waals surface area contributed by atoms with Crippen LogP contribution in [-0.2, 0) is 17.9 Å². The molecule has 1 N–H and O–H groups in total. The zero-order valence-corrected chi connectivity index (χ0v) is 14.7. The van der Waals surface area contributed by atoms with Gasteiger partial charge in [-0.15, -0.1) is 0 Å². The normalized spacial score (nSPS) is 11.2. The molecule has 3 rings (SSSR count). The summed E-state index contributed by atoms with van der Waals surface area (Å²) in [4.78, 5) is 37.6. The molecule has 0 saturated heterocycles. The smallest absolute Gasteiger partial charge is 0.325 e. The van der Waals surface area contributed by atoms with Gasteiger partial charge in [0.05, 0.1) is 5.52 Å². The summed E-state index contributed by atoms with van der Waals surface area (Å²) in [6.45, 7) is 3.94. The molecule has 0 bridgehead atoms. The van der Waals surface area contributed by atoms with Crippen LogP contribution >= 0.6 is 11.5 Å². The van der Waals surface area contributed by atoms with Crippen LogP contribution in [0.25, 0.3) is 11.0 Å². The minimum Gasteiger partial charge on any atom is -0.325 e. The average Bonchev–Trinajstić information content (AvgIpc) is 3.06. The summed E-state index contributed by atoms with van der Waals surface area (Å²) in [5.41, 5.74) is 0.362. The minimum absolute atomic E-state index is 0.119. The molecule has 7 nitrogen and oxygen atoms in total.